The molecule has 0 bridgehead atoms. The Bertz CT molecular complexity index is 1150. The lowest BCUT2D eigenvalue weighted by Crippen LogP contribution is -2.24. The van der Waals surface area contributed by atoms with Gasteiger partial charge < -0.3 is 0 Å². The van der Waals surface area contributed by atoms with Gasteiger partial charge in [0.15, 0.2) is 0 Å². The summed E-state index contributed by atoms with van der Waals surface area (Å²) in [6.45, 7) is 0. The molecular weight excluding hydrogens is 580 g/mol. The van der Waals surface area contributed by atoms with Crippen molar-refractivity contribution in [1.82, 2.24) is 10.2 Å². The van der Waals surface area contributed by atoms with Crippen LogP contribution in [0.1, 0.15) is 41.4 Å². The van der Waals surface area contributed by atoms with Crippen LogP contribution in [-0.2, 0) is 0 Å². The molecule has 2 heterocycles. The van der Waals surface area contributed by atoms with Crippen LogP contribution in [0.2, 0.25) is 40.2 Å². The van der Waals surface area contributed by atoms with Crippen LogP contribution >= 0.6 is 92.8 Å². The summed E-state index contributed by atoms with van der Waals surface area (Å²) in [5, 5.41) is 1.71. The first-order valence-corrected chi connectivity index (χ1v) is 10.7. The highest BCUT2D eigenvalue weighted by atomic mass is 35.5. The molecule has 2 aliphatic rings. The van der Waals surface area contributed by atoms with Gasteiger partial charge in [-0.15, -0.1) is 0 Å². The number of halogens is 8. The van der Waals surface area contributed by atoms with E-state index in [1.165, 1.54) is 7.05 Å². The number of nitrogens with zero attached hydrogens (tertiary/aromatic N) is 1. The van der Waals surface area contributed by atoms with Crippen molar-refractivity contribution in [2.45, 2.75) is 0 Å². The molecule has 0 radical (unpaired) electrons. The summed E-state index contributed by atoms with van der Waals surface area (Å²) in [6, 6.07) is 0. The maximum Gasteiger partial charge on any atom is 0.262 e. The quantitative estimate of drug-likeness (QED) is 0.212. The van der Waals surface area contributed by atoms with Gasteiger partial charge in [-0.25, -0.2) is 0 Å². The van der Waals surface area contributed by atoms with Gasteiger partial charge in [-0.2, -0.15) is 0 Å². The molecule has 31 heavy (non-hydrogen) atoms. The summed E-state index contributed by atoms with van der Waals surface area (Å²) >= 11 is 46.4. The number of amides is 4. The largest absolute Gasteiger partial charge is 0.288 e. The minimum Gasteiger partial charge on any atom is -0.288 e. The van der Waals surface area contributed by atoms with E-state index >= 15 is 0 Å². The molecule has 0 saturated carbocycles. The summed E-state index contributed by atoms with van der Waals surface area (Å²) in [5.74, 6) is -2.32. The van der Waals surface area contributed by atoms with Crippen LogP contribution in [-0.4, -0.2) is 35.6 Å². The number of carbonyl (C=O) groups excluding carboxylic acids is 4. The molecule has 0 fully saturated rings. The van der Waals surface area contributed by atoms with Gasteiger partial charge in [-0.05, 0) is 0 Å². The van der Waals surface area contributed by atoms with Crippen molar-refractivity contribution in [3.63, 3.8) is 0 Å². The molecule has 0 saturated heterocycles. The topological polar surface area (TPSA) is 83.6 Å². The van der Waals surface area contributed by atoms with E-state index < -0.39 is 23.6 Å². The standard InChI is InChI=1S/C9H3Cl4NO2.C8HCl4NO2/c1-14-8(15)2-3(9(14)16)5(11)7(13)6(12)4(2)10;9-3-1-2(8(15)13-7(1)14)4(10)6(12)5(3)11/h1H3;(H,13,14,15). The number of rotatable bonds is 0. The van der Waals surface area contributed by atoms with Crippen LogP contribution in [0.5, 0.6) is 0 Å². The molecule has 2 aromatic rings. The van der Waals surface area contributed by atoms with Gasteiger partial charge in [-0.1, -0.05) is 92.8 Å². The Hall–Kier alpha value is -0.960. The van der Waals surface area contributed by atoms with Crippen molar-refractivity contribution in [1.29, 1.82) is 0 Å². The molecule has 0 aromatic heterocycles. The maximum atomic E-state index is 11.7. The van der Waals surface area contributed by atoms with E-state index in [0.717, 1.165) is 4.90 Å². The summed E-state index contributed by atoms with van der Waals surface area (Å²) in [4.78, 5) is 47.0. The molecule has 0 aliphatic carbocycles. The van der Waals surface area contributed by atoms with Crippen molar-refractivity contribution < 1.29 is 19.2 Å². The Balaban J connectivity index is 0.000000176. The van der Waals surface area contributed by atoms with Gasteiger partial charge in [0.25, 0.3) is 23.6 Å². The second-order valence-corrected chi connectivity index (χ2v) is 8.99. The van der Waals surface area contributed by atoms with Crippen LogP contribution in [0, 0.1) is 0 Å². The molecule has 6 nitrogen and oxygen atoms in total. The first-order chi connectivity index (χ1) is 14.3. The number of nitrogens with one attached hydrogen (secondary N) is 1. The van der Waals surface area contributed by atoms with Crippen LogP contribution in [0.25, 0.3) is 0 Å². The average molecular weight is 584 g/mol. The predicted molar refractivity (Wildman–Crippen MR) is 121 cm³/mol. The second kappa shape index (κ2) is 8.76. The molecular formula is C17H4Cl8N2O4. The van der Waals surface area contributed by atoms with Crippen LogP contribution in [0.4, 0.5) is 0 Å². The molecule has 162 valence electrons. The van der Waals surface area contributed by atoms with Gasteiger partial charge in [0, 0.05) is 7.05 Å². The van der Waals surface area contributed by atoms with Crippen molar-refractivity contribution in [3.05, 3.63) is 62.4 Å². The fourth-order valence-corrected chi connectivity index (χ4v) is 4.79. The Morgan fingerprint density at radius 2 is 0.742 bits per heavy atom. The molecule has 4 rings (SSSR count). The van der Waals surface area contributed by atoms with Gasteiger partial charge in [0.2, 0.25) is 0 Å². The smallest absolute Gasteiger partial charge is 0.262 e. The summed E-state index contributed by atoms with van der Waals surface area (Å²) in [6.07, 6.45) is 0. The lowest BCUT2D eigenvalue weighted by Gasteiger charge is -2.06. The number of hydrogen-bond donors (Lipinski definition) is 1. The van der Waals surface area contributed by atoms with E-state index in [0.29, 0.717) is 0 Å². The number of fused-ring (bicyclic) bond motifs is 2. The summed E-state index contributed by atoms with van der Waals surface area (Å²) in [7, 11) is 1.33. The van der Waals surface area contributed by atoms with E-state index in [4.69, 9.17) is 92.8 Å². The number of carbonyl (C=O) groups is 4. The zero-order chi connectivity index (χ0) is 23.5. The third kappa shape index (κ3) is 3.77. The van der Waals surface area contributed by atoms with Crippen LogP contribution in [0.15, 0.2) is 0 Å². The highest BCUT2D eigenvalue weighted by Gasteiger charge is 2.39. The van der Waals surface area contributed by atoms with Gasteiger partial charge in [0.1, 0.15) is 0 Å². The average Bonchev–Trinajstić information content (AvgIpc) is 3.15. The highest BCUT2D eigenvalue weighted by Crippen LogP contribution is 2.45. The number of hydrogen-bond acceptors (Lipinski definition) is 4. The maximum absolute atomic E-state index is 11.7. The van der Waals surface area contributed by atoms with E-state index in [2.05, 4.69) is 5.32 Å². The normalized spacial score (nSPS) is 14.4. The molecule has 4 amide bonds. The Morgan fingerprint density at radius 1 is 0.484 bits per heavy atom. The summed E-state index contributed by atoms with van der Waals surface area (Å²) < 4.78 is 0. The van der Waals surface area contributed by atoms with E-state index in [1.807, 2.05) is 0 Å². The van der Waals surface area contributed by atoms with E-state index in [1.54, 1.807) is 0 Å². The first kappa shape index (κ1) is 24.7. The minimum atomic E-state index is -0.625. The molecule has 2 aliphatic heterocycles. The molecule has 14 heteroatoms. The van der Waals surface area contributed by atoms with E-state index in [-0.39, 0.29) is 62.4 Å². The Kier molecular flexibility index (Phi) is 6.98. The van der Waals surface area contributed by atoms with E-state index in [9.17, 15) is 19.2 Å². The van der Waals surface area contributed by atoms with Gasteiger partial charge >= 0.3 is 0 Å². The third-order valence-corrected chi connectivity index (χ3v) is 7.86. The van der Waals surface area contributed by atoms with Gasteiger partial charge in [-0.3, -0.25) is 29.4 Å². The zero-order valence-electron chi connectivity index (χ0n) is 14.6. The van der Waals surface area contributed by atoms with Crippen molar-refractivity contribution in [2.75, 3.05) is 7.05 Å². The lowest BCUT2D eigenvalue weighted by molar-refractivity contribution is 0.0692. The van der Waals surface area contributed by atoms with Crippen LogP contribution < -0.4 is 5.32 Å². The fourth-order valence-electron chi connectivity index (χ4n) is 2.75. The Morgan fingerprint density at radius 3 is 1.03 bits per heavy atom. The molecule has 2 aromatic carbocycles. The van der Waals surface area contributed by atoms with Crippen molar-refractivity contribution in [3.8, 4) is 0 Å². The van der Waals surface area contributed by atoms with Gasteiger partial charge in [0.05, 0.1) is 62.4 Å². The predicted octanol–water partition coefficient (Wildman–Crippen LogP) is 6.71. The monoisotopic (exact) mass is 580 g/mol. The first-order valence-electron chi connectivity index (χ1n) is 7.72. The van der Waals surface area contributed by atoms with Crippen molar-refractivity contribution in [2.24, 2.45) is 0 Å². The number of benzene rings is 2. The molecule has 1 N–H and O–H groups in total. The lowest BCUT2D eigenvalue weighted by atomic mass is 10.1. The van der Waals surface area contributed by atoms with Crippen molar-refractivity contribution >= 4 is 116 Å². The highest BCUT2D eigenvalue weighted by molar-refractivity contribution is 6.56. The molecule has 0 atom stereocenters. The third-order valence-electron chi connectivity index (χ3n) is 4.25. The SMILES string of the molecule is CN1C(=O)c2c(Cl)c(Cl)c(Cl)c(Cl)c2C1=O.O=C1NC(=O)c2c(Cl)c(Cl)c(Cl)c(Cl)c21. The molecule has 0 unspecified atom stereocenters. The summed E-state index contributed by atoms with van der Waals surface area (Å²) in [5.41, 5.74) is -0.0377. The van der Waals surface area contributed by atoms with Crippen LogP contribution in [0.3, 0.4) is 0 Å². The second-order valence-electron chi connectivity index (χ2n) is 5.96. The zero-order valence-corrected chi connectivity index (χ0v) is 20.7. The molecule has 0 spiro atoms. The Labute approximate surface area is 214 Å². The minimum absolute atomic E-state index is 0.00793. The number of imide groups is 2. The fraction of sp³-hybridized carbons (Fsp3) is 0.0588.